The number of nitrogens with zero attached hydrogens (tertiary/aromatic N) is 2. The van der Waals surface area contributed by atoms with Crippen LogP contribution in [0.3, 0.4) is 0 Å². The van der Waals surface area contributed by atoms with E-state index in [4.69, 9.17) is 4.74 Å². The molecule has 1 aromatic carbocycles. The maximum Gasteiger partial charge on any atom is 0.264 e. The average Bonchev–Trinajstić information content (AvgIpc) is 2.98. The summed E-state index contributed by atoms with van der Waals surface area (Å²) in [6.07, 6.45) is 3.10. The summed E-state index contributed by atoms with van der Waals surface area (Å²) in [5.41, 5.74) is 1.25. The van der Waals surface area contributed by atoms with E-state index in [1.807, 2.05) is 24.3 Å². The van der Waals surface area contributed by atoms with Crippen LogP contribution < -0.4 is 10.1 Å². The molecule has 0 aliphatic rings. The number of anilines is 1. The Bertz CT molecular complexity index is 623. The summed E-state index contributed by atoms with van der Waals surface area (Å²) >= 11 is 1.42. The molecule has 0 saturated heterocycles. The van der Waals surface area contributed by atoms with Crippen molar-refractivity contribution in [2.45, 2.75) is 46.0 Å². The minimum absolute atomic E-state index is 0.0368. The lowest BCUT2D eigenvalue weighted by molar-refractivity contribution is -0.118. The van der Waals surface area contributed by atoms with Crippen molar-refractivity contribution in [3.05, 3.63) is 34.8 Å². The van der Waals surface area contributed by atoms with Gasteiger partial charge in [0.2, 0.25) is 5.13 Å². The van der Waals surface area contributed by atoms with Gasteiger partial charge in [-0.2, -0.15) is 0 Å². The molecule has 1 N–H and O–H groups in total. The number of ether oxygens (including phenoxy) is 1. The molecule has 124 valence electrons. The number of carbonyl (C=O) groups excluding carboxylic acids is 1. The van der Waals surface area contributed by atoms with E-state index in [1.54, 1.807) is 0 Å². The molecule has 0 aliphatic heterocycles. The Balaban J connectivity index is 1.79. The Kier molecular flexibility index (Phi) is 6.52. The zero-order valence-corrected chi connectivity index (χ0v) is 14.7. The van der Waals surface area contributed by atoms with Gasteiger partial charge in [-0.25, -0.2) is 0 Å². The van der Waals surface area contributed by atoms with Crippen LogP contribution in [-0.2, 0) is 11.2 Å². The van der Waals surface area contributed by atoms with Crippen molar-refractivity contribution >= 4 is 22.4 Å². The molecule has 0 saturated carbocycles. The van der Waals surface area contributed by atoms with E-state index >= 15 is 0 Å². The summed E-state index contributed by atoms with van der Waals surface area (Å²) in [6, 6.07) is 7.80. The van der Waals surface area contributed by atoms with Crippen molar-refractivity contribution in [3.63, 3.8) is 0 Å². The number of unbranched alkanes of at least 4 members (excludes halogenated alkanes) is 1. The zero-order chi connectivity index (χ0) is 16.7. The van der Waals surface area contributed by atoms with Crippen molar-refractivity contribution in [2.24, 2.45) is 0 Å². The van der Waals surface area contributed by atoms with Crippen LogP contribution in [0, 0.1) is 0 Å². The topological polar surface area (TPSA) is 64.1 Å². The molecule has 0 unspecified atom stereocenters. The number of hydrogen-bond acceptors (Lipinski definition) is 5. The minimum atomic E-state index is -0.226. The van der Waals surface area contributed by atoms with Crippen molar-refractivity contribution in [2.75, 3.05) is 11.9 Å². The van der Waals surface area contributed by atoms with Gasteiger partial charge < -0.3 is 4.74 Å². The van der Waals surface area contributed by atoms with Crippen LogP contribution in [0.15, 0.2) is 24.3 Å². The second-order valence-corrected chi connectivity index (χ2v) is 6.73. The van der Waals surface area contributed by atoms with Crippen molar-refractivity contribution in [3.8, 4) is 5.75 Å². The molecular weight excluding hydrogens is 310 g/mol. The van der Waals surface area contributed by atoms with Crippen molar-refractivity contribution in [1.82, 2.24) is 10.2 Å². The molecule has 2 aromatic rings. The van der Waals surface area contributed by atoms with Gasteiger partial charge in [0.1, 0.15) is 10.8 Å². The molecule has 23 heavy (non-hydrogen) atoms. The minimum Gasteiger partial charge on any atom is -0.484 e. The highest BCUT2D eigenvalue weighted by Gasteiger charge is 2.09. The maximum absolute atomic E-state index is 11.9. The molecular formula is C17H23N3O2S. The first-order valence-corrected chi connectivity index (χ1v) is 8.75. The van der Waals surface area contributed by atoms with Gasteiger partial charge in [-0.1, -0.05) is 50.7 Å². The number of amides is 1. The molecule has 0 bridgehead atoms. The molecule has 2 rings (SSSR count). The highest BCUT2D eigenvalue weighted by molar-refractivity contribution is 7.15. The summed E-state index contributed by atoms with van der Waals surface area (Å²) in [5.74, 6) is 0.938. The molecule has 5 nitrogen and oxygen atoms in total. The van der Waals surface area contributed by atoms with Crippen molar-refractivity contribution in [1.29, 1.82) is 0 Å². The second-order valence-electron chi connectivity index (χ2n) is 5.67. The number of carbonyl (C=O) groups is 1. The molecule has 0 atom stereocenters. The Hall–Kier alpha value is -1.95. The molecule has 0 radical (unpaired) electrons. The quantitative estimate of drug-likeness (QED) is 0.792. The third kappa shape index (κ3) is 5.63. The summed E-state index contributed by atoms with van der Waals surface area (Å²) < 4.78 is 5.49. The van der Waals surface area contributed by atoms with E-state index in [2.05, 4.69) is 36.3 Å². The molecule has 6 heteroatoms. The third-order valence-corrected chi connectivity index (χ3v) is 4.27. The smallest absolute Gasteiger partial charge is 0.264 e. The first-order chi connectivity index (χ1) is 11.1. The predicted octanol–water partition coefficient (Wildman–Crippen LogP) is 4.02. The number of rotatable bonds is 8. The lowest BCUT2D eigenvalue weighted by atomic mass is 10.0. The number of aromatic nitrogens is 2. The first kappa shape index (κ1) is 17.4. The van der Waals surface area contributed by atoms with Crippen LogP contribution in [0.5, 0.6) is 5.75 Å². The second kappa shape index (κ2) is 8.62. The molecule has 0 aliphatic carbocycles. The van der Waals surface area contributed by atoms with E-state index in [9.17, 15) is 4.79 Å². The number of nitrogens with one attached hydrogen (secondary N) is 1. The van der Waals surface area contributed by atoms with Crippen LogP contribution in [-0.4, -0.2) is 22.7 Å². The number of aryl methyl sites for hydroxylation is 1. The molecule has 1 heterocycles. The first-order valence-electron chi connectivity index (χ1n) is 7.93. The van der Waals surface area contributed by atoms with Gasteiger partial charge in [0, 0.05) is 6.42 Å². The van der Waals surface area contributed by atoms with Gasteiger partial charge in [-0.05, 0) is 30.0 Å². The van der Waals surface area contributed by atoms with Crippen LogP contribution >= 0.6 is 11.3 Å². The normalized spacial score (nSPS) is 10.8. The molecule has 0 spiro atoms. The molecule has 0 fully saturated rings. The number of hydrogen-bond donors (Lipinski definition) is 1. The highest BCUT2D eigenvalue weighted by atomic mass is 32.1. The Morgan fingerprint density at radius 2 is 2.00 bits per heavy atom. The fourth-order valence-corrected chi connectivity index (χ4v) is 2.78. The van der Waals surface area contributed by atoms with Gasteiger partial charge in [0.15, 0.2) is 6.61 Å². The van der Waals surface area contributed by atoms with Gasteiger partial charge in [0.05, 0.1) is 0 Å². The average molecular weight is 333 g/mol. The van der Waals surface area contributed by atoms with E-state index in [0.717, 1.165) is 24.3 Å². The lowest BCUT2D eigenvalue weighted by Gasteiger charge is -2.08. The fourth-order valence-electron chi connectivity index (χ4n) is 1.99. The molecule has 1 amide bonds. The van der Waals surface area contributed by atoms with Crippen LogP contribution in [0.4, 0.5) is 5.13 Å². The Morgan fingerprint density at radius 3 is 2.65 bits per heavy atom. The largest absolute Gasteiger partial charge is 0.484 e. The van der Waals surface area contributed by atoms with Crippen molar-refractivity contribution < 1.29 is 9.53 Å². The summed E-state index contributed by atoms with van der Waals surface area (Å²) in [5, 5.41) is 12.2. The standard InChI is InChI=1S/C17H23N3O2S/c1-4-5-6-16-19-20-17(23-16)18-15(21)11-22-14-9-7-13(8-10-14)12(2)3/h7-10,12H,4-6,11H2,1-3H3,(H,18,20,21). The van der Waals surface area contributed by atoms with Gasteiger partial charge in [-0.3, -0.25) is 10.1 Å². The third-order valence-electron chi connectivity index (χ3n) is 3.37. The van der Waals surface area contributed by atoms with Gasteiger partial charge >= 0.3 is 0 Å². The summed E-state index contributed by atoms with van der Waals surface area (Å²) in [4.78, 5) is 11.9. The lowest BCUT2D eigenvalue weighted by Crippen LogP contribution is -2.20. The van der Waals surface area contributed by atoms with Crippen LogP contribution in [0.2, 0.25) is 0 Å². The zero-order valence-electron chi connectivity index (χ0n) is 13.8. The molecule has 1 aromatic heterocycles. The summed E-state index contributed by atoms with van der Waals surface area (Å²) in [6.45, 7) is 6.37. The number of benzene rings is 1. The van der Waals surface area contributed by atoms with E-state index in [-0.39, 0.29) is 12.5 Å². The van der Waals surface area contributed by atoms with Gasteiger partial charge in [-0.15, -0.1) is 10.2 Å². The monoisotopic (exact) mass is 333 g/mol. The fraction of sp³-hybridized carbons (Fsp3) is 0.471. The Labute approximate surface area is 141 Å². The summed E-state index contributed by atoms with van der Waals surface area (Å²) in [7, 11) is 0. The van der Waals surface area contributed by atoms with E-state index in [0.29, 0.717) is 16.8 Å². The van der Waals surface area contributed by atoms with Gasteiger partial charge in [0.25, 0.3) is 5.91 Å². The predicted molar refractivity (Wildman–Crippen MR) is 93.2 cm³/mol. The SMILES string of the molecule is CCCCc1nnc(NC(=O)COc2ccc(C(C)C)cc2)s1. The Morgan fingerprint density at radius 1 is 1.26 bits per heavy atom. The van der Waals surface area contributed by atoms with E-state index < -0.39 is 0 Å². The highest BCUT2D eigenvalue weighted by Crippen LogP contribution is 2.19. The van der Waals surface area contributed by atoms with Crippen LogP contribution in [0.25, 0.3) is 0 Å². The van der Waals surface area contributed by atoms with Crippen LogP contribution in [0.1, 0.15) is 50.1 Å². The van der Waals surface area contributed by atoms with E-state index in [1.165, 1.54) is 16.9 Å². The maximum atomic E-state index is 11.9.